The molecule has 1 aromatic carbocycles. The highest BCUT2D eigenvalue weighted by Crippen LogP contribution is 2.34. The van der Waals surface area contributed by atoms with Crippen LogP contribution in [0.15, 0.2) is 40.8 Å². The molecule has 0 bridgehead atoms. The fraction of sp³-hybridized carbons (Fsp3) is 0.286. The first-order valence-electron chi connectivity index (χ1n) is 9.54. The predicted octanol–water partition coefficient (Wildman–Crippen LogP) is 3.30. The van der Waals surface area contributed by atoms with Crippen LogP contribution in [-0.4, -0.2) is 47.8 Å². The van der Waals surface area contributed by atoms with Crippen LogP contribution in [0, 0.1) is 6.92 Å². The van der Waals surface area contributed by atoms with E-state index in [1.54, 1.807) is 17.7 Å². The largest absolute Gasteiger partial charge is 0.465 e. The van der Waals surface area contributed by atoms with Crippen molar-refractivity contribution >= 4 is 37.8 Å². The van der Waals surface area contributed by atoms with Crippen molar-refractivity contribution in [1.82, 2.24) is 14.8 Å². The summed E-state index contributed by atoms with van der Waals surface area (Å²) in [5.41, 5.74) is 2.54. The number of para-hydroxylation sites is 1. The molecule has 1 atom stereocenters. The first-order valence-corrected chi connectivity index (χ1v) is 11.4. The number of hydrogen-bond acceptors (Lipinski definition) is 7. The normalized spacial score (nSPS) is 18.3. The highest BCUT2D eigenvalue weighted by Gasteiger charge is 2.32. The predicted molar refractivity (Wildman–Crippen MR) is 111 cm³/mol. The number of hydrogen-bond donors (Lipinski definition) is 0. The summed E-state index contributed by atoms with van der Waals surface area (Å²) in [6.45, 7) is 1.78. The summed E-state index contributed by atoms with van der Waals surface area (Å²) in [7, 11) is -1.79. The van der Waals surface area contributed by atoms with E-state index in [4.69, 9.17) is 14.1 Å². The molecule has 8 nitrogen and oxygen atoms in total. The van der Waals surface area contributed by atoms with E-state index >= 15 is 0 Å². The van der Waals surface area contributed by atoms with Gasteiger partial charge < -0.3 is 9.15 Å². The molecule has 154 valence electrons. The molecule has 0 spiro atoms. The number of carbonyl (C=O) groups excluding carboxylic acids is 1. The average molecular weight is 425 g/mol. The number of furan rings is 1. The van der Waals surface area contributed by atoms with Crippen molar-refractivity contribution in [3.05, 3.63) is 47.7 Å². The molecule has 0 aliphatic carbocycles. The van der Waals surface area contributed by atoms with E-state index in [9.17, 15) is 13.2 Å². The summed E-state index contributed by atoms with van der Waals surface area (Å²) >= 11 is 0. The Morgan fingerprint density at radius 2 is 2.07 bits per heavy atom. The lowest BCUT2D eigenvalue weighted by Gasteiger charge is -2.11. The van der Waals surface area contributed by atoms with Crippen LogP contribution in [0.1, 0.15) is 28.5 Å². The SMILES string of the molecule is COC(=O)c1cc(-c2cc3ccccc3o2)nc2c1c(C)nn2[C@H]1CCS(=O)(=O)C1. The summed E-state index contributed by atoms with van der Waals surface area (Å²) < 4.78 is 36.6. The zero-order valence-electron chi connectivity index (χ0n) is 16.5. The molecule has 1 saturated heterocycles. The van der Waals surface area contributed by atoms with E-state index in [2.05, 4.69) is 5.10 Å². The number of sulfone groups is 1. The van der Waals surface area contributed by atoms with Gasteiger partial charge in [-0.1, -0.05) is 18.2 Å². The fourth-order valence-corrected chi connectivity index (χ4v) is 5.73. The Morgan fingerprint density at radius 1 is 1.27 bits per heavy atom. The molecular formula is C21H19N3O5S. The second-order valence-electron chi connectivity index (χ2n) is 7.48. The molecule has 4 heterocycles. The number of carbonyl (C=O) groups is 1. The zero-order chi connectivity index (χ0) is 21.0. The zero-order valence-corrected chi connectivity index (χ0v) is 17.3. The van der Waals surface area contributed by atoms with Gasteiger partial charge in [-0.3, -0.25) is 0 Å². The number of fused-ring (bicyclic) bond motifs is 2. The lowest BCUT2D eigenvalue weighted by atomic mass is 10.1. The van der Waals surface area contributed by atoms with Crippen molar-refractivity contribution in [3.8, 4) is 11.5 Å². The lowest BCUT2D eigenvalue weighted by molar-refractivity contribution is 0.0603. The van der Waals surface area contributed by atoms with Crippen molar-refractivity contribution in [3.63, 3.8) is 0 Å². The Hall–Kier alpha value is -3.20. The van der Waals surface area contributed by atoms with Gasteiger partial charge in [-0.25, -0.2) is 22.9 Å². The minimum Gasteiger partial charge on any atom is -0.465 e. The second-order valence-corrected chi connectivity index (χ2v) is 9.71. The first kappa shape index (κ1) is 18.8. The molecule has 0 N–H and O–H groups in total. The number of methoxy groups -OCH3 is 1. The third kappa shape index (κ3) is 2.97. The van der Waals surface area contributed by atoms with Gasteiger partial charge in [-0.05, 0) is 31.5 Å². The van der Waals surface area contributed by atoms with Crippen molar-refractivity contribution in [2.24, 2.45) is 0 Å². The number of rotatable bonds is 3. The van der Waals surface area contributed by atoms with Crippen LogP contribution in [-0.2, 0) is 14.6 Å². The Morgan fingerprint density at radius 3 is 2.77 bits per heavy atom. The topological polar surface area (TPSA) is 104 Å². The van der Waals surface area contributed by atoms with Crippen LogP contribution in [0.5, 0.6) is 0 Å². The molecule has 0 unspecified atom stereocenters. The van der Waals surface area contributed by atoms with Crippen LogP contribution in [0.3, 0.4) is 0 Å². The lowest BCUT2D eigenvalue weighted by Crippen LogP contribution is -2.13. The third-order valence-corrected chi connectivity index (χ3v) is 7.22. The Labute approximate surface area is 172 Å². The van der Waals surface area contributed by atoms with Crippen LogP contribution >= 0.6 is 0 Å². The van der Waals surface area contributed by atoms with Gasteiger partial charge in [0.1, 0.15) is 11.3 Å². The van der Waals surface area contributed by atoms with E-state index in [0.717, 1.165) is 5.39 Å². The molecule has 0 radical (unpaired) electrons. The molecule has 1 fully saturated rings. The summed E-state index contributed by atoms with van der Waals surface area (Å²) in [4.78, 5) is 17.3. The van der Waals surface area contributed by atoms with E-state index in [1.807, 2.05) is 30.3 Å². The maximum absolute atomic E-state index is 12.6. The maximum Gasteiger partial charge on any atom is 0.338 e. The highest BCUT2D eigenvalue weighted by molar-refractivity contribution is 7.91. The molecule has 3 aromatic heterocycles. The average Bonchev–Trinajstić information content (AvgIpc) is 3.41. The molecular weight excluding hydrogens is 406 g/mol. The van der Waals surface area contributed by atoms with Crippen LogP contribution in [0.2, 0.25) is 0 Å². The molecule has 1 aliphatic heterocycles. The molecule has 0 amide bonds. The van der Waals surface area contributed by atoms with Crippen molar-refractivity contribution in [2.45, 2.75) is 19.4 Å². The minimum absolute atomic E-state index is 0.00726. The number of aryl methyl sites for hydroxylation is 1. The summed E-state index contributed by atoms with van der Waals surface area (Å²) in [5, 5.41) is 6.02. The first-order chi connectivity index (χ1) is 14.4. The van der Waals surface area contributed by atoms with E-state index < -0.39 is 15.8 Å². The molecule has 9 heteroatoms. The Kier molecular flexibility index (Phi) is 4.18. The summed E-state index contributed by atoms with van der Waals surface area (Å²) in [6, 6.07) is 10.8. The van der Waals surface area contributed by atoms with E-state index in [1.165, 1.54) is 7.11 Å². The molecule has 5 rings (SSSR count). The third-order valence-electron chi connectivity index (χ3n) is 5.47. The fourth-order valence-electron chi connectivity index (χ4n) is 4.04. The van der Waals surface area contributed by atoms with Crippen molar-refractivity contribution in [1.29, 1.82) is 0 Å². The van der Waals surface area contributed by atoms with Gasteiger partial charge in [0.05, 0.1) is 41.3 Å². The summed E-state index contributed by atoms with van der Waals surface area (Å²) in [5.74, 6) is 0.118. The van der Waals surface area contributed by atoms with Gasteiger partial charge in [0, 0.05) is 5.39 Å². The van der Waals surface area contributed by atoms with Gasteiger partial charge in [0.2, 0.25) is 0 Å². The monoisotopic (exact) mass is 425 g/mol. The number of esters is 1. The van der Waals surface area contributed by atoms with Crippen LogP contribution < -0.4 is 0 Å². The van der Waals surface area contributed by atoms with Crippen LogP contribution in [0.4, 0.5) is 0 Å². The van der Waals surface area contributed by atoms with Gasteiger partial charge in [-0.2, -0.15) is 5.10 Å². The molecule has 4 aromatic rings. The van der Waals surface area contributed by atoms with Gasteiger partial charge in [-0.15, -0.1) is 0 Å². The van der Waals surface area contributed by atoms with Crippen molar-refractivity contribution in [2.75, 3.05) is 18.6 Å². The smallest absolute Gasteiger partial charge is 0.338 e. The number of pyridine rings is 1. The molecule has 1 aliphatic rings. The quantitative estimate of drug-likeness (QED) is 0.464. The van der Waals surface area contributed by atoms with Crippen LogP contribution in [0.25, 0.3) is 33.5 Å². The van der Waals surface area contributed by atoms with E-state index in [-0.39, 0.29) is 17.5 Å². The van der Waals surface area contributed by atoms with Gasteiger partial charge >= 0.3 is 5.97 Å². The Balaban J connectivity index is 1.76. The highest BCUT2D eigenvalue weighted by atomic mass is 32.2. The number of aromatic nitrogens is 3. The maximum atomic E-state index is 12.6. The Bertz CT molecular complexity index is 1380. The van der Waals surface area contributed by atoms with Gasteiger partial charge in [0.15, 0.2) is 21.2 Å². The summed E-state index contributed by atoms with van der Waals surface area (Å²) in [6.07, 6.45) is 0.461. The second kappa shape index (κ2) is 6.66. The molecule has 30 heavy (non-hydrogen) atoms. The number of ether oxygens (including phenoxy) is 1. The van der Waals surface area contributed by atoms with Crippen molar-refractivity contribution < 1.29 is 22.4 Å². The number of benzene rings is 1. The number of nitrogens with zero attached hydrogens (tertiary/aromatic N) is 3. The van der Waals surface area contributed by atoms with Gasteiger partial charge in [0.25, 0.3) is 0 Å². The standard InChI is InChI=1S/C21H19N3O5S/c1-12-19-15(21(25)28-2)10-16(18-9-13-5-3-4-6-17(13)29-18)22-20(19)24(23-12)14-7-8-30(26,27)11-14/h3-6,9-10,14H,7-8,11H2,1-2H3/t14-/m0/s1. The van der Waals surface area contributed by atoms with E-state index in [0.29, 0.717) is 45.7 Å². The molecule has 0 saturated carbocycles. The minimum atomic E-state index is -3.11.